The van der Waals surface area contributed by atoms with Gasteiger partial charge in [-0.25, -0.2) is 4.79 Å². The zero-order valence-electron chi connectivity index (χ0n) is 14.0. The highest BCUT2D eigenvalue weighted by atomic mass is 16.4. The third-order valence-corrected chi connectivity index (χ3v) is 3.84. The number of rotatable bonds is 16. The van der Waals surface area contributed by atoms with E-state index in [0.29, 0.717) is 6.54 Å². The summed E-state index contributed by atoms with van der Waals surface area (Å²) < 4.78 is 0. The molecular weight excluding hydrogens is 262 g/mol. The maximum atomic E-state index is 10.2. The van der Waals surface area contributed by atoms with Crippen molar-refractivity contribution in [3.8, 4) is 0 Å². The number of hydrogen-bond donors (Lipinski definition) is 1. The zero-order valence-corrected chi connectivity index (χ0v) is 14.0. The fourth-order valence-electron chi connectivity index (χ4n) is 2.54. The first-order chi connectivity index (χ1) is 10.3. The first-order valence-electron chi connectivity index (χ1n) is 9.00. The topological polar surface area (TPSA) is 49.7 Å². The van der Waals surface area contributed by atoms with Crippen LogP contribution in [0.2, 0.25) is 0 Å². The molecule has 0 rings (SSSR count). The van der Waals surface area contributed by atoms with Gasteiger partial charge in [-0.3, -0.25) is 4.99 Å². The Hall–Kier alpha value is -0.860. The molecular formula is C18H35NO2. The summed E-state index contributed by atoms with van der Waals surface area (Å²) in [5.41, 5.74) is 0. The Morgan fingerprint density at radius 3 is 1.52 bits per heavy atom. The van der Waals surface area contributed by atoms with Crippen LogP contribution in [0.4, 0.5) is 0 Å². The third kappa shape index (κ3) is 19.1. The first-order valence-corrected chi connectivity index (χ1v) is 9.00. The smallest absolute Gasteiger partial charge is 0.346 e. The fourth-order valence-corrected chi connectivity index (χ4v) is 2.54. The molecule has 0 radical (unpaired) electrons. The van der Waals surface area contributed by atoms with Crippen molar-refractivity contribution >= 4 is 12.2 Å². The maximum absolute atomic E-state index is 10.2. The molecule has 0 heterocycles. The Labute approximate surface area is 131 Å². The summed E-state index contributed by atoms with van der Waals surface area (Å²) in [7, 11) is 0. The first kappa shape index (κ1) is 20.1. The summed E-state index contributed by atoms with van der Waals surface area (Å²) in [6.07, 6.45) is 19.8. The van der Waals surface area contributed by atoms with Gasteiger partial charge in [0.05, 0.1) is 0 Å². The Morgan fingerprint density at radius 2 is 1.14 bits per heavy atom. The van der Waals surface area contributed by atoms with Gasteiger partial charge in [0.2, 0.25) is 0 Å². The lowest BCUT2D eigenvalue weighted by Crippen LogP contribution is -1.96. The summed E-state index contributed by atoms with van der Waals surface area (Å²) in [5.74, 6) is -0.944. The van der Waals surface area contributed by atoms with Gasteiger partial charge in [0, 0.05) is 6.54 Å². The van der Waals surface area contributed by atoms with E-state index < -0.39 is 5.97 Å². The quantitative estimate of drug-likeness (QED) is 0.297. The van der Waals surface area contributed by atoms with E-state index in [2.05, 4.69) is 11.9 Å². The molecule has 0 aliphatic carbocycles. The van der Waals surface area contributed by atoms with Crippen LogP contribution in [0.15, 0.2) is 4.99 Å². The lowest BCUT2D eigenvalue weighted by atomic mass is 10.0. The minimum absolute atomic E-state index is 0.657. The fraction of sp³-hybridized carbons (Fsp3) is 0.889. The molecule has 0 amide bonds. The van der Waals surface area contributed by atoms with Gasteiger partial charge in [0.1, 0.15) is 6.21 Å². The predicted octanol–water partition coefficient (Wildman–Crippen LogP) is 5.62. The molecule has 0 atom stereocenters. The van der Waals surface area contributed by atoms with Crippen LogP contribution in [0, 0.1) is 0 Å². The van der Waals surface area contributed by atoms with Crippen molar-refractivity contribution in [1.29, 1.82) is 0 Å². The number of aliphatic carboxylic acids is 1. The molecule has 3 nitrogen and oxygen atoms in total. The third-order valence-electron chi connectivity index (χ3n) is 3.84. The Balaban J connectivity index is 3.01. The van der Waals surface area contributed by atoms with Crippen LogP contribution in [-0.4, -0.2) is 23.8 Å². The number of nitrogens with zero attached hydrogens (tertiary/aromatic N) is 1. The van der Waals surface area contributed by atoms with Crippen molar-refractivity contribution in [2.24, 2.45) is 4.99 Å². The van der Waals surface area contributed by atoms with Gasteiger partial charge in [0.15, 0.2) is 0 Å². The molecule has 0 aromatic rings. The molecule has 0 aromatic carbocycles. The molecule has 21 heavy (non-hydrogen) atoms. The molecule has 0 bridgehead atoms. The molecule has 0 fully saturated rings. The van der Waals surface area contributed by atoms with Gasteiger partial charge in [-0.15, -0.1) is 0 Å². The Morgan fingerprint density at radius 1 is 0.762 bits per heavy atom. The average molecular weight is 297 g/mol. The number of aliphatic imine (C=N–C) groups is 1. The molecule has 1 N–H and O–H groups in total. The predicted molar refractivity (Wildman–Crippen MR) is 91.3 cm³/mol. The molecule has 0 aliphatic rings. The molecule has 3 heteroatoms. The second-order valence-electron chi connectivity index (χ2n) is 5.97. The van der Waals surface area contributed by atoms with Gasteiger partial charge < -0.3 is 5.11 Å². The van der Waals surface area contributed by atoms with E-state index in [9.17, 15) is 4.79 Å². The minimum Gasteiger partial charge on any atom is -0.477 e. The van der Waals surface area contributed by atoms with E-state index in [-0.39, 0.29) is 0 Å². The lowest BCUT2D eigenvalue weighted by molar-refractivity contribution is -0.128. The molecule has 0 aliphatic heterocycles. The van der Waals surface area contributed by atoms with Crippen LogP contribution >= 0.6 is 0 Å². The molecule has 0 saturated heterocycles. The van der Waals surface area contributed by atoms with Crippen LogP contribution in [0.5, 0.6) is 0 Å². The molecule has 0 unspecified atom stereocenters. The largest absolute Gasteiger partial charge is 0.477 e. The van der Waals surface area contributed by atoms with Gasteiger partial charge in [-0.05, 0) is 6.42 Å². The summed E-state index contributed by atoms with van der Waals surface area (Å²) in [4.78, 5) is 14.0. The lowest BCUT2D eigenvalue weighted by Gasteiger charge is -2.02. The van der Waals surface area contributed by atoms with Crippen LogP contribution in [-0.2, 0) is 4.79 Å². The average Bonchev–Trinajstić information content (AvgIpc) is 2.46. The van der Waals surface area contributed by atoms with Crippen molar-refractivity contribution < 1.29 is 9.90 Å². The minimum atomic E-state index is -0.944. The van der Waals surface area contributed by atoms with Crippen molar-refractivity contribution in [2.75, 3.05) is 6.54 Å². The summed E-state index contributed by atoms with van der Waals surface area (Å²) >= 11 is 0. The highest BCUT2D eigenvalue weighted by molar-refractivity contribution is 6.21. The van der Waals surface area contributed by atoms with Gasteiger partial charge in [0.25, 0.3) is 0 Å². The summed E-state index contributed by atoms with van der Waals surface area (Å²) in [5, 5.41) is 8.38. The maximum Gasteiger partial charge on any atom is 0.346 e. The van der Waals surface area contributed by atoms with Gasteiger partial charge in [-0.1, -0.05) is 90.4 Å². The number of unbranched alkanes of at least 4 members (excludes halogenated alkanes) is 13. The van der Waals surface area contributed by atoms with E-state index in [1.54, 1.807) is 0 Å². The van der Waals surface area contributed by atoms with E-state index in [1.165, 1.54) is 83.5 Å². The number of carbonyl (C=O) groups is 1. The number of hydrogen-bond acceptors (Lipinski definition) is 2. The highest BCUT2D eigenvalue weighted by Gasteiger charge is 1.94. The van der Waals surface area contributed by atoms with E-state index in [0.717, 1.165) is 12.6 Å². The SMILES string of the molecule is CCCCCCCCCCCCCCCCN=CC(=O)O. The normalized spacial score (nSPS) is 11.3. The number of carboxylic acid groups (broad SMARTS) is 1. The molecule has 0 spiro atoms. The molecule has 124 valence electrons. The summed E-state index contributed by atoms with van der Waals surface area (Å²) in [6.45, 7) is 2.92. The standard InChI is InChI=1S/C18H35NO2/c1-2-3-4-5-6-7-8-9-10-11-12-13-14-15-16-19-17-18(20)21/h17H,2-16H2,1H3,(H,20,21). The van der Waals surface area contributed by atoms with E-state index >= 15 is 0 Å². The highest BCUT2D eigenvalue weighted by Crippen LogP contribution is 2.12. The van der Waals surface area contributed by atoms with Crippen molar-refractivity contribution in [3.63, 3.8) is 0 Å². The van der Waals surface area contributed by atoms with E-state index in [4.69, 9.17) is 5.11 Å². The Bertz CT molecular complexity index is 252. The molecule has 0 aromatic heterocycles. The second-order valence-corrected chi connectivity index (χ2v) is 5.97. The monoisotopic (exact) mass is 297 g/mol. The van der Waals surface area contributed by atoms with Crippen LogP contribution in [0.25, 0.3) is 0 Å². The van der Waals surface area contributed by atoms with Gasteiger partial charge >= 0.3 is 5.97 Å². The zero-order chi connectivity index (χ0) is 15.6. The van der Waals surface area contributed by atoms with Crippen LogP contribution in [0.1, 0.15) is 96.8 Å². The van der Waals surface area contributed by atoms with E-state index in [1.807, 2.05) is 0 Å². The van der Waals surface area contributed by atoms with Crippen LogP contribution < -0.4 is 0 Å². The van der Waals surface area contributed by atoms with Crippen molar-refractivity contribution in [1.82, 2.24) is 0 Å². The van der Waals surface area contributed by atoms with Gasteiger partial charge in [-0.2, -0.15) is 0 Å². The summed E-state index contributed by atoms with van der Waals surface area (Å²) in [6, 6.07) is 0. The van der Waals surface area contributed by atoms with Crippen LogP contribution in [0.3, 0.4) is 0 Å². The van der Waals surface area contributed by atoms with Crippen molar-refractivity contribution in [2.45, 2.75) is 96.8 Å². The van der Waals surface area contributed by atoms with Crippen molar-refractivity contribution in [3.05, 3.63) is 0 Å². The Kier molecular flexibility index (Phi) is 16.5. The second kappa shape index (κ2) is 17.2. The number of carboxylic acids is 1. The molecule has 0 saturated carbocycles.